The van der Waals surface area contributed by atoms with E-state index in [2.05, 4.69) is 22.5 Å². The Bertz CT molecular complexity index is 1300. The third-order valence-electron chi connectivity index (χ3n) is 5.48. The second kappa shape index (κ2) is 12.1. The summed E-state index contributed by atoms with van der Waals surface area (Å²) >= 11 is 0. The fourth-order valence-electron chi connectivity index (χ4n) is 3.75. The second-order valence-electron chi connectivity index (χ2n) is 8.26. The number of nitrogens with zero attached hydrogens (tertiary/aromatic N) is 1. The predicted molar refractivity (Wildman–Crippen MR) is 128 cm³/mol. The van der Waals surface area contributed by atoms with Crippen molar-refractivity contribution in [3.05, 3.63) is 65.2 Å². The smallest absolute Gasteiger partial charge is 0.339 e. The molecular formula is C24H24F2N3O7P. The summed E-state index contributed by atoms with van der Waals surface area (Å²) in [6.45, 7) is -0.628. The highest BCUT2D eigenvalue weighted by Crippen LogP contribution is 2.32. The molecule has 1 aliphatic rings. The average molecular weight is 535 g/mol. The Kier molecular flexibility index (Phi) is 9.13. The summed E-state index contributed by atoms with van der Waals surface area (Å²) in [5.41, 5.74) is 0.990. The molecule has 0 bridgehead atoms. The first-order valence-electron chi connectivity index (χ1n) is 11.1. The number of aryl methyl sites for hydroxylation is 1. The van der Waals surface area contributed by atoms with Crippen molar-refractivity contribution in [3.63, 3.8) is 0 Å². The number of fused-ring (bicyclic) bond motifs is 1. The van der Waals surface area contributed by atoms with Gasteiger partial charge in [-0.25, -0.2) is 8.78 Å². The molecule has 2 aromatic carbocycles. The maximum Gasteiger partial charge on any atom is 0.339 e. The number of anilines is 1. The molecule has 0 aromatic heterocycles. The van der Waals surface area contributed by atoms with Crippen LogP contribution in [0, 0.1) is 23.5 Å². The maximum absolute atomic E-state index is 13.8. The van der Waals surface area contributed by atoms with Crippen LogP contribution in [-0.2, 0) is 25.4 Å². The van der Waals surface area contributed by atoms with Gasteiger partial charge in [-0.15, -0.1) is 0 Å². The minimum Gasteiger partial charge on any atom is -0.480 e. The summed E-state index contributed by atoms with van der Waals surface area (Å²) in [5.74, 6) is 0.527. The molecule has 0 aliphatic carbocycles. The minimum absolute atomic E-state index is 0.142. The number of carboxylic acids is 1. The lowest BCUT2D eigenvalue weighted by molar-refractivity contribution is -0.137. The van der Waals surface area contributed by atoms with E-state index in [1.54, 1.807) is 24.3 Å². The third kappa shape index (κ3) is 7.93. The molecule has 1 heterocycles. The second-order valence-corrected chi connectivity index (χ2v) is 9.90. The molecule has 2 atom stereocenters. The van der Waals surface area contributed by atoms with Gasteiger partial charge in [-0.05, 0) is 36.6 Å². The van der Waals surface area contributed by atoms with Crippen LogP contribution in [0.15, 0.2) is 42.5 Å². The Morgan fingerprint density at radius 2 is 1.92 bits per heavy atom. The zero-order valence-electron chi connectivity index (χ0n) is 19.4. The van der Waals surface area contributed by atoms with Crippen LogP contribution in [0.2, 0.25) is 0 Å². The molecule has 13 heteroatoms. The normalized spacial score (nSPS) is 16.2. The van der Waals surface area contributed by atoms with E-state index in [0.717, 1.165) is 22.6 Å². The van der Waals surface area contributed by atoms with Gasteiger partial charge in [0, 0.05) is 18.2 Å². The average Bonchev–Trinajstić information content (AvgIpc) is 2.94. The number of benzene rings is 2. The van der Waals surface area contributed by atoms with Crippen LogP contribution in [0.5, 0.6) is 0 Å². The highest BCUT2D eigenvalue weighted by atomic mass is 31.2. The lowest BCUT2D eigenvalue weighted by atomic mass is 10.1. The molecule has 0 radical (unpaired) electrons. The van der Waals surface area contributed by atoms with E-state index >= 15 is 0 Å². The predicted octanol–water partition coefficient (Wildman–Crippen LogP) is 1.35. The van der Waals surface area contributed by atoms with Gasteiger partial charge in [0.25, 0.3) is 0 Å². The summed E-state index contributed by atoms with van der Waals surface area (Å²) < 4.78 is 38.3. The Morgan fingerprint density at radius 1 is 1.19 bits per heavy atom. The molecule has 0 saturated carbocycles. The van der Waals surface area contributed by atoms with Gasteiger partial charge >= 0.3 is 13.6 Å². The lowest BCUT2D eigenvalue weighted by Crippen LogP contribution is -2.54. The van der Waals surface area contributed by atoms with Crippen molar-refractivity contribution < 1.29 is 42.6 Å². The number of para-hydroxylation sites is 1. The number of carboxylic acid groups (broad SMARTS) is 1. The van der Waals surface area contributed by atoms with E-state index < -0.39 is 61.9 Å². The number of rotatable bonds is 8. The van der Waals surface area contributed by atoms with Gasteiger partial charge < -0.3 is 20.2 Å². The van der Waals surface area contributed by atoms with Gasteiger partial charge in [0.1, 0.15) is 24.2 Å². The molecular weight excluding hydrogens is 511 g/mol. The van der Waals surface area contributed by atoms with Crippen LogP contribution in [0.3, 0.4) is 0 Å². The third-order valence-corrected chi connectivity index (χ3v) is 6.07. The maximum atomic E-state index is 13.8. The fourth-order valence-corrected chi connectivity index (χ4v) is 4.20. The van der Waals surface area contributed by atoms with Crippen LogP contribution in [0.1, 0.15) is 24.0 Å². The van der Waals surface area contributed by atoms with E-state index in [9.17, 15) is 42.6 Å². The van der Waals surface area contributed by atoms with Crippen molar-refractivity contribution in [2.75, 3.05) is 17.7 Å². The SMILES string of the molecule is O=C(O)CN1C(=O)[C@@H](NC(=O)[C@H](CC#Cc2ccc(F)cc2F)NCP(=O)(O)O)CCc2ccccc21. The lowest BCUT2D eigenvalue weighted by Gasteiger charge is -2.26. The molecule has 37 heavy (non-hydrogen) atoms. The number of carbonyl (C=O) groups is 3. The first-order chi connectivity index (χ1) is 17.4. The molecule has 196 valence electrons. The molecule has 1 aliphatic heterocycles. The minimum atomic E-state index is -4.57. The van der Waals surface area contributed by atoms with Crippen molar-refractivity contribution >= 4 is 31.1 Å². The van der Waals surface area contributed by atoms with Gasteiger partial charge in [0.05, 0.1) is 17.9 Å². The molecule has 0 unspecified atom stereocenters. The Labute approximate surface area is 210 Å². The first kappa shape index (κ1) is 28.0. The van der Waals surface area contributed by atoms with E-state index in [4.69, 9.17) is 0 Å². The van der Waals surface area contributed by atoms with E-state index in [1.807, 2.05) is 0 Å². The molecule has 0 fully saturated rings. The highest BCUT2D eigenvalue weighted by Gasteiger charge is 2.34. The molecule has 0 saturated heterocycles. The largest absolute Gasteiger partial charge is 0.480 e. The quantitative estimate of drug-likeness (QED) is 0.251. The summed E-state index contributed by atoms with van der Waals surface area (Å²) in [6, 6.07) is 7.06. The number of hydrogen-bond donors (Lipinski definition) is 5. The van der Waals surface area contributed by atoms with Crippen LogP contribution < -0.4 is 15.5 Å². The summed E-state index contributed by atoms with van der Waals surface area (Å²) in [7, 11) is -4.57. The van der Waals surface area contributed by atoms with Gasteiger partial charge in [-0.2, -0.15) is 0 Å². The number of nitrogens with one attached hydrogen (secondary N) is 2. The van der Waals surface area contributed by atoms with Crippen molar-refractivity contribution in [1.29, 1.82) is 0 Å². The molecule has 2 aromatic rings. The number of halogens is 2. The topological polar surface area (TPSA) is 156 Å². The number of aliphatic carboxylic acids is 1. The van der Waals surface area contributed by atoms with Crippen molar-refractivity contribution in [1.82, 2.24) is 10.6 Å². The van der Waals surface area contributed by atoms with E-state index in [-0.39, 0.29) is 18.4 Å². The molecule has 0 spiro atoms. The summed E-state index contributed by atoms with van der Waals surface area (Å²) in [5, 5.41) is 14.2. The van der Waals surface area contributed by atoms with Gasteiger partial charge in [-0.3, -0.25) is 29.2 Å². The van der Waals surface area contributed by atoms with Gasteiger partial charge in [0.2, 0.25) is 11.8 Å². The van der Waals surface area contributed by atoms with Crippen LogP contribution in [0.4, 0.5) is 14.5 Å². The first-order valence-corrected chi connectivity index (χ1v) is 12.9. The zero-order valence-corrected chi connectivity index (χ0v) is 20.3. The Hall–Kier alpha value is -3.62. The van der Waals surface area contributed by atoms with E-state index in [0.29, 0.717) is 18.2 Å². The van der Waals surface area contributed by atoms with Crippen LogP contribution >= 0.6 is 7.60 Å². The number of carbonyl (C=O) groups excluding carboxylic acids is 2. The standard InChI is InChI=1S/C24H24F2N3O7P/c25-17-10-8-15(18(26)12-17)5-3-6-19(27-14-37(34,35)36)23(32)28-20-11-9-16-4-1-2-7-21(16)29(24(20)33)13-22(30)31/h1-2,4,7-8,10,12,19-20,27H,6,9,11,13-14H2,(H,28,32)(H,30,31)(H2,34,35,36)/t19-,20-/m0/s1. The van der Waals surface area contributed by atoms with Gasteiger partial charge in [-0.1, -0.05) is 30.0 Å². The summed E-state index contributed by atoms with van der Waals surface area (Å²) in [6.07, 6.45) is -0.696. The number of amides is 2. The Balaban J connectivity index is 1.80. The summed E-state index contributed by atoms with van der Waals surface area (Å²) in [4.78, 5) is 57.1. The van der Waals surface area contributed by atoms with Crippen LogP contribution in [-0.4, -0.2) is 57.6 Å². The molecule has 10 nitrogen and oxygen atoms in total. The zero-order chi connectivity index (χ0) is 27.2. The van der Waals surface area contributed by atoms with Crippen molar-refractivity contribution in [3.8, 4) is 11.8 Å². The molecule has 3 rings (SSSR count). The number of hydrogen-bond acceptors (Lipinski definition) is 5. The molecule has 5 N–H and O–H groups in total. The monoisotopic (exact) mass is 535 g/mol. The highest BCUT2D eigenvalue weighted by molar-refractivity contribution is 7.51. The van der Waals surface area contributed by atoms with E-state index in [1.165, 1.54) is 0 Å². The fraction of sp³-hybridized carbons (Fsp3) is 0.292. The van der Waals surface area contributed by atoms with Gasteiger partial charge in [0.15, 0.2) is 0 Å². The Morgan fingerprint density at radius 3 is 2.59 bits per heavy atom. The van der Waals surface area contributed by atoms with Crippen molar-refractivity contribution in [2.24, 2.45) is 0 Å². The van der Waals surface area contributed by atoms with Crippen LogP contribution in [0.25, 0.3) is 0 Å². The van der Waals surface area contributed by atoms with Crippen molar-refractivity contribution in [2.45, 2.75) is 31.3 Å². The molecule has 2 amide bonds.